The summed E-state index contributed by atoms with van der Waals surface area (Å²) in [6.45, 7) is 1.60. The van der Waals surface area contributed by atoms with Crippen LogP contribution in [-0.2, 0) is 14.3 Å². The molecule has 1 aliphatic heterocycles. The molecule has 1 atom stereocenters. The van der Waals surface area contributed by atoms with Gasteiger partial charge in [0, 0.05) is 17.1 Å². The summed E-state index contributed by atoms with van der Waals surface area (Å²) in [4.78, 5) is 38.0. The first kappa shape index (κ1) is 18.9. The Morgan fingerprint density at radius 1 is 1.19 bits per heavy atom. The molecule has 7 heteroatoms. The van der Waals surface area contributed by atoms with Crippen LogP contribution >= 0.6 is 11.6 Å². The third kappa shape index (κ3) is 4.46. The van der Waals surface area contributed by atoms with Crippen LogP contribution in [0.4, 0.5) is 5.69 Å². The second-order valence-corrected chi connectivity index (χ2v) is 6.49. The van der Waals surface area contributed by atoms with Crippen molar-refractivity contribution in [3.05, 3.63) is 59.1 Å². The lowest BCUT2D eigenvalue weighted by Gasteiger charge is -2.29. The Hall–Kier alpha value is -2.86. The molecule has 3 rings (SSSR count). The van der Waals surface area contributed by atoms with Gasteiger partial charge in [-0.1, -0.05) is 23.7 Å². The van der Waals surface area contributed by atoms with E-state index in [0.717, 1.165) is 0 Å². The van der Waals surface area contributed by atoms with Crippen molar-refractivity contribution in [3.63, 3.8) is 0 Å². The van der Waals surface area contributed by atoms with Crippen LogP contribution < -0.4 is 9.64 Å². The predicted molar refractivity (Wildman–Crippen MR) is 100 cm³/mol. The number of para-hydroxylation sites is 2. The van der Waals surface area contributed by atoms with E-state index < -0.39 is 12.1 Å². The number of ether oxygens (including phenoxy) is 2. The van der Waals surface area contributed by atoms with Crippen molar-refractivity contribution >= 4 is 34.9 Å². The average molecular weight is 388 g/mol. The normalized spacial score (nSPS) is 14.1. The van der Waals surface area contributed by atoms with E-state index in [9.17, 15) is 14.4 Å². The van der Waals surface area contributed by atoms with Crippen molar-refractivity contribution in [2.24, 2.45) is 0 Å². The molecule has 0 N–H and O–H groups in total. The maximum Gasteiger partial charge on any atom is 0.308 e. The summed E-state index contributed by atoms with van der Waals surface area (Å²) in [5.74, 6) is -0.502. The lowest BCUT2D eigenvalue weighted by Crippen LogP contribution is -2.40. The zero-order chi connectivity index (χ0) is 19.4. The molecule has 140 valence electrons. The molecular weight excluding hydrogens is 370 g/mol. The molecule has 0 saturated carbocycles. The highest BCUT2D eigenvalue weighted by atomic mass is 35.5. The van der Waals surface area contributed by atoms with E-state index in [2.05, 4.69) is 0 Å². The first-order chi connectivity index (χ1) is 13.0. The highest BCUT2D eigenvalue weighted by molar-refractivity contribution is 6.30. The maximum atomic E-state index is 12.3. The average Bonchev–Trinajstić information content (AvgIpc) is 2.67. The van der Waals surface area contributed by atoms with Gasteiger partial charge in [0.05, 0.1) is 12.1 Å². The largest absolute Gasteiger partial charge is 0.482 e. The molecule has 1 amide bonds. The first-order valence-corrected chi connectivity index (χ1v) is 8.85. The maximum absolute atomic E-state index is 12.3. The van der Waals surface area contributed by atoms with Crippen LogP contribution in [0.3, 0.4) is 0 Å². The van der Waals surface area contributed by atoms with E-state index in [4.69, 9.17) is 21.1 Å². The van der Waals surface area contributed by atoms with E-state index >= 15 is 0 Å². The van der Waals surface area contributed by atoms with Crippen molar-refractivity contribution in [3.8, 4) is 5.75 Å². The Balaban J connectivity index is 1.57. The number of benzene rings is 2. The topological polar surface area (TPSA) is 72.9 Å². The van der Waals surface area contributed by atoms with Crippen LogP contribution in [0.15, 0.2) is 48.5 Å². The van der Waals surface area contributed by atoms with Gasteiger partial charge in [0.1, 0.15) is 5.75 Å². The number of amides is 1. The molecule has 0 unspecified atom stereocenters. The monoisotopic (exact) mass is 387 g/mol. The fourth-order valence-electron chi connectivity index (χ4n) is 2.76. The zero-order valence-electron chi connectivity index (χ0n) is 14.7. The fraction of sp³-hybridized carbons (Fsp3) is 0.250. The van der Waals surface area contributed by atoms with Gasteiger partial charge in [-0.25, -0.2) is 0 Å². The number of fused-ring (bicyclic) bond motifs is 1. The highest BCUT2D eigenvalue weighted by Gasteiger charge is 2.26. The SMILES string of the molecule is C[C@H](OC(=O)CCN1C(=O)COc2ccccc21)C(=O)c1ccc(Cl)cc1. The molecule has 0 saturated heterocycles. The van der Waals surface area contributed by atoms with Gasteiger partial charge in [-0.15, -0.1) is 0 Å². The minimum atomic E-state index is -0.925. The number of rotatable bonds is 6. The lowest BCUT2D eigenvalue weighted by molar-refractivity contribution is -0.146. The number of ketones is 1. The number of anilines is 1. The lowest BCUT2D eigenvalue weighted by atomic mass is 10.1. The number of carbonyl (C=O) groups is 3. The van der Waals surface area contributed by atoms with Gasteiger partial charge in [0.25, 0.3) is 5.91 Å². The highest BCUT2D eigenvalue weighted by Crippen LogP contribution is 2.31. The number of hydrogen-bond acceptors (Lipinski definition) is 5. The van der Waals surface area contributed by atoms with Crippen molar-refractivity contribution in [2.75, 3.05) is 18.1 Å². The van der Waals surface area contributed by atoms with Crippen LogP contribution in [0, 0.1) is 0 Å². The van der Waals surface area contributed by atoms with Crippen molar-refractivity contribution in [1.29, 1.82) is 0 Å². The molecule has 1 aliphatic rings. The molecule has 0 aromatic heterocycles. The third-order valence-electron chi connectivity index (χ3n) is 4.15. The molecule has 27 heavy (non-hydrogen) atoms. The van der Waals surface area contributed by atoms with Gasteiger partial charge in [0.15, 0.2) is 12.7 Å². The van der Waals surface area contributed by atoms with Crippen LogP contribution in [-0.4, -0.2) is 36.9 Å². The summed E-state index contributed by atoms with van der Waals surface area (Å²) in [7, 11) is 0. The molecule has 1 heterocycles. The molecule has 0 bridgehead atoms. The minimum Gasteiger partial charge on any atom is -0.482 e. The Morgan fingerprint density at radius 2 is 1.89 bits per heavy atom. The quantitative estimate of drug-likeness (QED) is 0.562. The van der Waals surface area contributed by atoms with E-state index in [0.29, 0.717) is 22.0 Å². The van der Waals surface area contributed by atoms with Crippen LogP contribution in [0.25, 0.3) is 0 Å². The summed E-state index contributed by atoms with van der Waals surface area (Å²) >= 11 is 5.81. The molecule has 0 radical (unpaired) electrons. The standard InChI is InChI=1S/C20H18ClNO5/c1-13(20(25)14-6-8-15(21)9-7-14)27-19(24)10-11-22-16-4-2-3-5-17(16)26-12-18(22)23/h2-9,13H,10-12H2,1H3/t13-/m0/s1. The minimum absolute atomic E-state index is 0.0295. The molecule has 0 spiro atoms. The van der Waals surface area contributed by atoms with Crippen LogP contribution in [0.5, 0.6) is 5.75 Å². The number of hydrogen-bond donors (Lipinski definition) is 0. The number of esters is 1. The molecule has 0 fully saturated rings. The molecule has 2 aromatic rings. The Bertz CT molecular complexity index is 865. The van der Waals surface area contributed by atoms with Gasteiger partial charge < -0.3 is 14.4 Å². The first-order valence-electron chi connectivity index (χ1n) is 8.47. The van der Waals surface area contributed by atoms with Crippen molar-refractivity contribution in [1.82, 2.24) is 0 Å². The van der Waals surface area contributed by atoms with Crippen LogP contribution in [0.1, 0.15) is 23.7 Å². The summed E-state index contributed by atoms with van der Waals surface area (Å²) in [6.07, 6.45) is -0.954. The Kier molecular flexibility index (Phi) is 5.76. The summed E-state index contributed by atoms with van der Waals surface area (Å²) in [6, 6.07) is 13.5. The molecule has 6 nitrogen and oxygen atoms in total. The summed E-state index contributed by atoms with van der Waals surface area (Å²) in [5.41, 5.74) is 1.03. The zero-order valence-corrected chi connectivity index (χ0v) is 15.4. The molecular formula is C20H18ClNO5. The van der Waals surface area contributed by atoms with Crippen molar-refractivity contribution in [2.45, 2.75) is 19.4 Å². The predicted octanol–water partition coefficient (Wildman–Crippen LogP) is 3.27. The summed E-state index contributed by atoms with van der Waals surface area (Å²) in [5, 5.41) is 0.520. The smallest absolute Gasteiger partial charge is 0.308 e. The fourth-order valence-corrected chi connectivity index (χ4v) is 2.89. The Morgan fingerprint density at radius 3 is 2.63 bits per heavy atom. The van der Waals surface area contributed by atoms with Crippen LogP contribution in [0.2, 0.25) is 5.02 Å². The van der Waals surface area contributed by atoms with Gasteiger partial charge in [0.2, 0.25) is 5.78 Å². The van der Waals surface area contributed by atoms with Gasteiger partial charge in [-0.05, 0) is 43.3 Å². The van der Waals surface area contributed by atoms with E-state index in [1.807, 2.05) is 6.07 Å². The van der Waals surface area contributed by atoms with E-state index in [1.165, 1.54) is 11.8 Å². The van der Waals surface area contributed by atoms with Gasteiger partial charge >= 0.3 is 5.97 Å². The van der Waals surface area contributed by atoms with Gasteiger partial charge in [-0.3, -0.25) is 14.4 Å². The number of halogens is 1. The third-order valence-corrected chi connectivity index (χ3v) is 4.41. The Labute approximate surface area is 161 Å². The molecule has 2 aromatic carbocycles. The number of nitrogens with zero attached hydrogens (tertiary/aromatic N) is 1. The van der Waals surface area contributed by atoms with Gasteiger partial charge in [-0.2, -0.15) is 0 Å². The van der Waals surface area contributed by atoms with E-state index in [-0.39, 0.29) is 31.3 Å². The van der Waals surface area contributed by atoms with Crippen molar-refractivity contribution < 1.29 is 23.9 Å². The second-order valence-electron chi connectivity index (χ2n) is 6.06. The number of Topliss-reactive ketones (excluding diaryl/α,β-unsaturated/α-hetero) is 1. The second kappa shape index (κ2) is 8.22. The molecule has 0 aliphatic carbocycles. The summed E-state index contributed by atoms with van der Waals surface area (Å²) < 4.78 is 10.6. The van der Waals surface area contributed by atoms with E-state index in [1.54, 1.807) is 42.5 Å². The number of carbonyl (C=O) groups excluding carboxylic acids is 3.